The molecule has 0 saturated heterocycles. The maximum atomic E-state index is 11.6. The van der Waals surface area contributed by atoms with E-state index in [2.05, 4.69) is 5.32 Å². The third-order valence-corrected chi connectivity index (χ3v) is 3.33. The molecule has 1 heterocycles. The first-order valence-electron chi connectivity index (χ1n) is 5.55. The summed E-state index contributed by atoms with van der Waals surface area (Å²) in [6.07, 6.45) is 1.94. The number of aromatic carboxylic acids is 1. The van der Waals surface area contributed by atoms with Gasteiger partial charge in [-0.05, 0) is 19.2 Å². The summed E-state index contributed by atoms with van der Waals surface area (Å²) in [5.41, 5.74) is 0.136. The Hall–Kier alpha value is -1.43. The van der Waals surface area contributed by atoms with Gasteiger partial charge in [0.25, 0.3) is 0 Å². The predicted molar refractivity (Wildman–Crippen MR) is 69.8 cm³/mol. The topological polar surface area (TPSA) is 79.5 Å². The lowest BCUT2D eigenvalue weighted by Crippen LogP contribution is -2.29. The first kappa shape index (κ1) is 14.6. The van der Waals surface area contributed by atoms with Crippen LogP contribution < -0.4 is 5.32 Å². The third kappa shape index (κ3) is 3.80. The Morgan fingerprint density at radius 1 is 1.56 bits per heavy atom. The highest BCUT2D eigenvalue weighted by atomic mass is 32.2. The van der Waals surface area contributed by atoms with Gasteiger partial charge in [-0.3, -0.25) is 4.79 Å². The van der Waals surface area contributed by atoms with Crippen molar-refractivity contribution in [3.8, 4) is 0 Å². The summed E-state index contributed by atoms with van der Waals surface area (Å²) in [4.78, 5) is 22.5. The van der Waals surface area contributed by atoms with Gasteiger partial charge in [0.2, 0.25) is 5.91 Å². The molecule has 1 amide bonds. The molecule has 2 N–H and O–H groups in total. The van der Waals surface area contributed by atoms with Gasteiger partial charge in [-0.25, -0.2) is 4.79 Å². The molecule has 0 spiro atoms. The molecule has 0 aliphatic heterocycles. The number of aryl methyl sites for hydroxylation is 1. The molecular formula is C12H17NO4S. The Kier molecular flexibility index (Phi) is 5.27. The molecule has 0 aromatic carbocycles. The normalized spacial score (nSPS) is 12.2. The van der Waals surface area contributed by atoms with Crippen molar-refractivity contribution >= 4 is 23.6 Å². The SMILES string of the molecule is CSCC(C)C(=O)NCc1cc(C(=O)O)c(C)o1. The number of carboxylic acids is 1. The fourth-order valence-electron chi connectivity index (χ4n) is 1.52. The van der Waals surface area contributed by atoms with Gasteiger partial charge in [0, 0.05) is 11.7 Å². The van der Waals surface area contributed by atoms with Crippen molar-refractivity contribution in [1.29, 1.82) is 0 Å². The van der Waals surface area contributed by atoms with E-state index in [1.807, 2.05) is 13.2 Å². The fourth-order valence-corrected chi connectivity index (χ4v) is 2.17. The van der Waals surface area contributed by atoms with Crippen LogP contribution in [0.15, 0.2) is 10.5 Å². The van der Waals surface area contributed by atoms with E-state index >= 15 is 0 Å². The van der Waals surface area contributed by atoms with Gasteiger partial charge >= 0.3 is 5.97 Å². The summed E-state index contributed by atoms with van der Waals surface area (Å²) >= 11 is 1.61. The zero-order valence-electron chi connectivity index (χ0n) is 10.6. The molecule has 5 nitrogen and oxygen atoms in total. The molecule has 1 atom stereocenters. The first-order chi connectivity index (χ1) is 8.45. The van der Waals surface area contributed by atoms with E-state index in [1.165, 1.54) is 6.07 Å². The molecule has 0 aliphatic rings. The molecule has 0 fully saturated rings. The molecule has 1 aromatic heterocycles. The average Bonchev–Trinajstić information content (AvgIpc) is 2.68. The molecule has 1 rings (SSSR count). The summed E-state index contributed by atoms with van der Waals surface area (Å²) in [7, 11) is 0. The highest BCUT2D eigenvalue weighted by Gasteiger charge is 2.16. The number of carbonyl (C=O) groups excluding carboxylic acids is 1. The second-order valence-electron chi connectivity index (χ2n) is 4.06. The number of hydrogen-bond acceptors (Lipinski definition) is 4. The van der Waals surface area contributed by atoms with Crippen LogP contribution in [0, 0.1) is 12.8 Å². The van der Waals surface area contributed by atoms with Crippen LogP contribution in [0.2, 0.25) is 0 Å². The minimum Gasteiger partial charge on any atom is -0.478 e. The minimum atomic E-state index is -1.02. The molecule has 100 valence electrons. The Balaban J connectivity index is 2.56. The largest absolute Gasteiger partial charge is 0.478 e. The highest BCUT2D eigenvalue weighted by Crippen LogP contribution is 2.14. The second-order valence-corrected chi connectivity index (χ2v) is 4.97. The van der Waals surface area contributed by atoms with Gasteiger partial charge in [0.1, 0.15) is 17.1 Å². The lowest BCUT2D eigenvalue weighted by atomic mass is 10.2. The lowest BCUT2D eigenvalue weighted by Gasteiger charge is -2.09. The third-order valence-electron chi connectivity index (χ3n) is 2.50. The number of nitrogens with one attached hydrogen (secondary N) is 1. The first-order valence-corrected chi connectivity index (χ1v) is 6.94. The molecule has 0 radical (unpaired) electrons. The molecule has 6 heteroatoms. The summed E-state index contributed by atoms with van der Waals surface area (Å²) in [6, 6.07) is 1.44. The van der Waals surface area contributed by atoms with E-state index in [1.54, 1.807) is 18.7 Å². The molecule has 1 unspecified atom stereocenters. The average molecular weight is 271 g/mol. The van der Waals surface area contributed by atoms with Crippen LogP contribution in [0.25, 0.3) is 0 Å². The smallest absolute Gasteiger partial charge is 0.339 e. The quantitative estimate of drug-likeness (QED) is 0.826. The van der Waals surface area contributed by atoms with Crippen molar-refractivity contribution in [3.05, 3.63) is 23.2 Å². The van der Waals surface area contributed by atoms with Crippen molar-refractivity contribution in [2.24, 2.45) is 5.92 Å². The van der Waals surface area contributed by atoms with Crippen LogP contribution >= 0.6 is 11.8 Å². The number of thioether (sulfide) groups is 1. The zero-order chi connectivity index (χ0) is 13.7. The number of furan rings is 1. The van der Waals surface area contributed by atoms with Crippen LogP contribution in [0.4, 0.5) is 0 Å². The van der Waals surface area contributed by atoms with Gasteiger partial charge in [-0.15, -0.1) is 0 Å². The van der Waals surface area contributed by atoms with E-state index in [0.717, 1.165) is 5.75 Å². The Labute approximate surface area is 110 Å². The number of amides is 1. The molecule has 18 heavy (non-hydrogen) atoms. The molecule has 0 bridgehead atoms. The summed E-state index contributed by atoms with van der Waals surface area (Å²) in [6.45, 7) is 3.65. The van der Waals surface area contributed by atoms with Crippen molar-refractivity contribution < 1.29 is 19.1 Å². The number of hydrogen-bond donors (Lipinski definition) is 2. The van der Waals surface area contributed by atoms with Gasteiger partial charge in [-0.2, -0.15) is 11.8 Å². The van der Waals surface area contributed by atoms with Crippen LogP contribution in [0.3, 0.4) is 0 Å². The number of carbonyl (C=O) groups is 2. The van der Waals surface area contributed by atoms with E-state index in [4.69, 9.17) is 9.52 Å². The Morgan fingerprint density at radius 2 is 2.22 bits per heavy atom. The Bertz CT molecular complexity index is 441. The second kappa shape index (κ2) is 6.49. The minimum absolute atomic E-state index is 0.0599. The van der Waals surface area contributed by atoms with E-state index in [9.17, 15) is 9.59 Å². The molecule has 0 aliphatic carbocycles. The van der Waals surface area contributed by atoms with E-state index in [0.29, 0.717) is 11.5 Å². The van der Waals surface area contributed by atoms with Crippen LogP contribution in [-0.2, 0) is 11.3 Å². The van der Waals surface area contributed by atoms with Crippen molar-refractivity contribution in [1.82, 2.24) is 5.32 Å². The summed E-state index contributed by atoms with van der Waals surface area (Å²) < 4.78 is 5.27. The number of carboxylic acid groups (broad SMARTS) is 1. The monoisotopic (exact) mass is 271 g/mol. The van der Waals surface area contributed by atoms with Gasteiger partial charge in [0.15, 0.2) is 0 Å². The van der Waals surface area contributed by atoms with Gasteiger partial charge in [0.05, 0.1) is 6.54 Å². The Morgan fingerprint density at radius 3 is 2.72 bits per heavy atom. The molecule has 1 aromatic rings. The summed E-state index contributed by atoms with van der Waals surface area (Å²) in [5.74, 6) is 0.400. The van der Waals surface area contributed by atoms with Gasteiger partial charge in [-0.1, -0.05) is 6.92 Å². The number of rotatable bonds is 6. The van der Waals surface area contributed by atoms with Crippen LogP contribution in [0.1, 0.15) is 28.8 Å². The summed E-state index contributed by atoms with van der Waals surface area (Å²) in [5, 5.41) is 11.6. The fraction of sp³-hybridized carbons (Fsp3) is 0.500. The van der Waals surface area contributed by atoms with Crippen LogP contribution in [-0.4, -0.2) is 29.0 Å². The van der Waals surface area contributed by atoms with Crippen molar-refractivity contribution in [3.63, 3.8) is 0 Å². The standard InChI is InChI=1S/C12H17NO4S/c1-7(6-18-3)11(14)13-5-9-4-10(12(15)16)8(2)17-9/h4,7H,5-6H2,1-3H3,(H,13,14)(H,15,16). The van der Waals surface area contributed by atoms with Crippen LogP contribution in [0.5, 0.6) is 0 Å². The van der Waals surface area contributed by atoms with E-state index in [-0.39, 0.29) is 23.9 Å². The maximum absolute atomic E-state index is 11.6. The molecular weight excluding hydrogens is 254 g/mol. The lowest BCUT2D eigenvalue weighted by molar-refractivity contribution is -0.124. The predicted octanol–water partition coefficient (Wildman–Crippen LogP) is 1.90. The van der Waals surface area contributed by atoms with Crippen molar-refractivity contribution in [2.75, 3.05) is 12.0 Å². The molecule has 0 saturated carbocycles. The van der Waals surface area contributed by atoms with E-state index < -0.39 is 5.97 Å². The highest BCUT2D eigenvalue weighted by molar-refractivity contribution is 7.98. The van der Waals surface area contributed by atoms with Gasteiger partial charge < -0.3 is 14.8 Å². The maximum Gasteiger partial charge on any atom is 0.339 e. The zero-order valence-corrected chi connectivity index (χ0v) is 11.5. The van der Waals surface area contributed by atoms with Crippen molar-refractivity contribution in [2.45, 2.75) is 20.4 Å².